The summed E-state index contributed by atoms with van der Waals surface area (Å²) in [4.78, 5) is 24.2. The molecular formula is C21H24O6. The van der Waals surface area contributed by atoms with Gasteiger partial charge in [-0.15, -0.1) is 0 Å². The fraction of sp³-hybridized carbons (Fsp3) is 0.333. The van der Waals surface area contributed by atoms with E-state index in [2.05, 4.69) is 6.92 Å². The molecule has 0 amide bonds. The maximum Gasteiger partial charge on any atom is 0.343 e. The molecule has 0 fully saturated rings. The third kappa shape index (κ3) is 6.75. The highest BCUT2D eigenvalue weighted by Crippen LogP contribution is 2.18. The van der Waals surface area contributed by atoms with Gasteiger partial charge >= 0.3 is 11.9 Å². The molecule has 0 spiro atoms. The lowest BCUT2D eigenvalue weighted by Crippen LogP contribution is -2.11. The van der Waals surface area contributed by atoms with E-state index in [1.54, 1.807) is 42.5 Å². The van der Waals surface area contributed by atoms with E-state index in [0.717, 1.165) is 12.8 Å². The molecule has 0 aliphatic heterocycles. The summed E-state index contributed by atoms with van der Waals surface area (Å²) in [6.45, 7) is 3.22. The SMILES string of the molecule is CCCCOc1ccc(C(=O)Oc2cccc(C(=O)OCCOC)c2)cc1. The Morgan fingerprint density at radius 2 is 1.63 bits per heavy atom. The molecule has 0 aliphatic rings. The Morgan fingerprint density at radius 1 is 0.852 bits per heavy atom. The number of unbranched alkanes of at least 4 members (excludes halogenated alkanes) is 1. The molecule has 0 radical (unpaired) electrons. The quantitative estimate of drug-likeness (QED) is 0.358. The number of hydrogen-bond acceptors (Lipinski definition) is 6. The van der Waals surface area contributed by atoms with Crippen LogP contribution in [0.5, 0.6) is 11.5 Å². The molecule has 0 saturated carbocycles. The van der Waals surface area contributed by atoms with Gasteiger partial charge in [-0.25, -0.2) is 9.59 Å². The van der Waals surface area contributed by atoms with Gasteiger partial charge in [-0.2, -0.15) is 0 Å². The number of ether oxygens (including phenoxy) is 4. The van der Waals surface area contributed by atoms with Crippen molar-refractivity contribution in [3.05, 3.63) is 59.7 Å². The summed E-state index contributed by atoms with van der Waals surface area (Å²) in [6, 6.07) is 13.0. The summed E-state index contributed by atoms with van der Waals surface area (Å²) in [6.07, 6.45) is 2.04. The van der Waals surface area contributed by atoms with Crippen LogP contribution in [0.25, 0.3) is 0 Å². The Hall–Kier alpha value is -2.86. The van der Waals surface area contributed by atoms with E-state index in [1.807, 2.05) is 0 Å². The summed E-state index contributed by atoms with van der Waals surface area (Å²) in [7, 11) is 1.53. The average Bonchev–Trinajstić information content (AvgIpc) is 2.69. The number of esters is 2. The van der Waals surface area contributed by atoms with Crippen molar-refractivity contribution in [2.45, 2.75) is 19.8 Å². The zero-order valence-electron chi connectivity index (χ0n) is 15.6. The number of methoxy groups -OCH3 is 1. The van der Waals surface area contributed by atoms with Gasteiger partial charge < -0.3 is 18.9 Å². The van der Waals surface area contributed by atoms with Crippen LogP contribution in [0, 0.1) is 0 Å². The standard InChI is InChI=1S/C21H24O6/c1-3-4-12-25-18-10-8-16(9-11-18)21(23)27-19-7-5-6-17(15-19)20(22)26-14-13-24-2/h5-11,15H,3-4,12-14H2,1-2H3. The van der Waals surface area contributed by atoms with Crippen molar-refractivity contribution in [1.29, 1.82) is 0 Å². The van der Waals surface area contributed by atoms with Gasteiger partial charge in [0.15, 0.2) is 0 Å². The third-order valence-corrected chi connectivity index (χ3v) is 3.66. The molecule has 144 valence electrons. The lowest BCUT2D eigenvalue weighted by atomic mass is 10.2. The fourth-order valence-electron chi connectivity index (χ4n) is 2.18. The highest BCUT2D eigenvalue weighted by atomic mass is 16.6. The Morgan fingerprint density at radius 3 is 2.33 bits per heavy atom. The van der Waals surface area contributed by atoms with Crippen molar-refractivity contribution in [3.8, 4) is 11.5 Å². The molecule has 2 aromatic rings. The minimum absolute atomic E-state index is 0.159. The van der Waals surface area contributed by atoms with E-state index in [4.69, 9.17) is 18.9 Å². The van der Waals surface area contributed by atoms with Gasteiger partial charge in [0.05, 0.1) is 24.3 Å². The Balaban J connectivity index is 1.95. The molecular weight excluding hydrogens is 348 g/mol. The minimum Gasteiger partial charge on any atom is -0.494 e. The smallest absolute Gasteiger partial charge is 0.343 e. The summed E-state index contributed by atoms with van der Waals surface area (Å²) < 4.78 is 20.8. The number of rotatable bonds is 10. The van der Waals surface area contributed by atoms with E-state index in [-0.39, 0.29) is 12.4 Å². The number of carbonyl (C=O) groups excluding carboxylic acids is 2. The van der Waals surface area contributed by atoms with Crippen LogP contribution in [0.15, 0.2) is 48.5 Å². The predicted molar refractivity (Wildman–Crippen MR) is 100 cm³/mol. The molecule has 0 saturated heterocycles. The van der Waals surface area contributed by atoms with E-state index < -0.39 is 11.9 Å². The maximum absolute atomic E-state index is 12.3. The molecule has 6 nitrogen and oxygen atoms in total. The van der Waals surface area contributed by atoms with E-state index in [9.17, 15) is 9.59 Å². The molecule has 2 aromatic carbocycles. The molecule has 2 rings (SSSR count). The second-order valence-corrected chi connectivity index (χ2v) is 5.77. The number of benzene rings is 2. The molecule has 0 heterocycles. The monoisotopic (exact) mass is 372 g/mol. The lowest BCUT2D eigenvalue weighted by molar-refractivity contribution is 0.0387. The summed E-state index contributed by atoms with van der Waals surface area (Å²) in [5.41, 5.74) is 0.696. The van der Waals surface area contributed by atoms with Gasteiger partial charge in [-0.3, -0.25) is 0 Å². The predicted octanol–water partition coefficient (Wildman–Crippen LogP) is 3.89. The topological polar surface area (TPSA) is 71.1 Å². The number of carbonyl (C=O) groups is 2. The zero-order valence-corrected chi connectivity index (χ0v) is 15.6. The summed E-state index contributed by atoms with van der Waals surface area (Å²) >= 11 is 0. The van der Waals surface area contributed by atoms with Crippen LogP contribution in [-0.2, 0) is 9.47 Å². The van der Waals surface area contributed by atoms with E-state index >= 15 is 0 Å². The highest BCUT2D eigenvalue weighted by molar-refractivity contribution is 5.92. The van der Waals surface area contributed by atoms with Crippen LogP contribution >= 0.6 is 0 Å². The Labute approximate surface area is 159 Å². The average molecular weight is 372 g/mol. The first kappa shape index (κ1) is 20.5. The van der Waals surface area contributed by atoms with Crippen molar-refractivity contribution in [3.63, 3.8) is 0 Å². The van der Waals surface area contributed by atoms with Crippen molar-refractivity contribution in [2.75, 3.05) is 26.9 Å². The molecule has 27 heavy (non-hydrogen) atoms. The molecule has 6 heteroatoms. The zero-order chi connectivity index (χ0) is 19.5. The molecule has 0 atom stereocenters. The van der Waals surface area contributed by atoms with E-state index in [0.29, 0.717) is 30.1 Å². The van der Waals surface area contributed by atoms with Crippen LogP contribution in [0.4, 0.5) is 0 Å². The molecule has 0 N–H and O–H groups in total. The first-order valence-electron chi connectivity index (χ1n) is 8.85. The molecule has 0 unspecified atom stereocenters. The van der Waals surface area contributed by atoms with Crippen molar-refractivity contribution < 1.29 is 28.5 Å². The van der Waals surface area contributed by atoms with Crippen molar-refractivity contribution in [2.24, 2.45) is 0 Å². The maximum atomic E-state index is 12.3. The first-order chi connectivity index (χ1) is 13.1. The Bertz CT molecular complexity index is 739. The van der Waals surface area contributed by atoms with Gasteiger partial charge in [-0.05, 0) is 48.9 Å². The van der Waals surface area contributed by atoms with Crippen molar-refractivity contribution in [1.82, 2.24) is 0 Å². The lowest BCUT2D eigenvalue weighted by Gasteiger charge is -2.08. The minimum atomic E-state index is -0.514. The van der Waals surface area contributed by atoms with Gasteiger partial charge in [0, 0.05) is 7.11 Å². The highest BCUT2D eigenvalue weighted by Gasteiger charge is 2.12. The molecule has 0 bridgehead atoms. The Kier molecular flexibility index (Phi) is 8.32. The second-order valence-electron chi connectivity index (χ2n) is 5.77. The third-order valence-electron chi connectivity index (χ3n) is 3.66. The van der Waals surface area contributed by atoms with Gasteiger partial charge in [0.1, 0.15) is 18.1 Å². The normalized spacial score (nSPS) is 10.3. The van der Waals surface area contributed by atoms with Crippen LogP contribution in [0.1, 0.15) is 40.5 Å². The van der Waals surface area contributed by atoms with Gasteiger partial charge in [0.25, 0.3) is 0 Å². The first-order valence-corrected chi connectivity index (χ1v) is 8.85. The van der Waals surface area contributed by atoms with Crippen LogP contribution < -0.4 is 9.47 Å². The molecule has 0 aromatic heterocycles. The van der Waals surface area contributed by atoms with Gasteiger partial charge in [0.2, 0.25) is 0 Å². The van der Waals surface area contributed by atoms with Crippen LogP contribution in [0.3, 0.4) is 0 Å². The summed E-state index contributed by atoms with van der Waals surface area (Å²) in [5, 5.41) is 0. The van der Waals surface area contributed by atoms with Crippen molar-refractivity contribution >= 4 is 11.9 Å². The number of hydrogen-bond donors (Lipinski definition) is 0. The fourth-order valence-corrected chi connectivity index (χ4v) is 2.18. The summed E-state index contributed by atoms with van der Waals surface area (Å²) in [5.74, 6) is -0.0381. The van der Waals surface area contributed by atoms with E-state index in [1.165, 1.54) is 13.2 Å². The van der Waals surface area contributed by atoms with Crippen LogP contribution in [-0.4, -0.2) is 38.9 Å². The van der Waals surface area contributed by atoms with Crippen LogP contribution in [0.2, 0.25) is 0 Å². The largest absolute Gasteiger partial charge is 0.494 e. The molecule has 0 aliphatic carbocycles. The van der Waals surface area contributed by atoms with Gasteiger partial charge in [-0.1, -0.05) is 19.4 Å². The second kappa shape index (κ2) is 11.0.